The van der Waals surface area contributed by atoms with Crippen LogP contribution in [0.1, 0.15) is 34.8 Å². The molecular formula is C20H20FN3O2. The average molecular weight is 353 g/mol. The molecule has 5 nitrogen and oxygen atoms in total. The molecule has 0 saturated carbocycles. The molecule has 6 heteroatoms. The summed E-state index contributed by atoms with van der Waals surface area (Å²) in [6, 6.07) is 13.4. The van der Waals surface area contributed by atoms with Gasteiger partial charge in [-0.15, -0.1) is 0 Å². The maximum atomic E-state index is 13.2. The van der Waals surface area contributed by atoms with E-state index in [1.165, 1.54) is 12.1 Å². The van der Waals surface area contributed by atoms with Gasteiger partial charge >= 0.3 is 6.03 Å². The van der Waals surface area contributed by atoms with Crippen molar-refractivity contribution in [2.45, 2.75) is 18.9 Å². The first-order chi connectivity index (χ1) is 12.6. The normalized spacial score (nSPS) is 19.7. The molecule has 3 amide bonds. The van der Waals surface area contributed by atoms with E-state index < -0.39 is 0 Å². The first-order valence-electron chi connectivity index (χ1n) is 8.85. The van der Waals surface area contributed by atoms with Gasteiger partial charge in [-0.05, 0) is 54.8 Å². The second kappa shape index (κ2) is 6.78. The standard InChI is InChI=1S/C20H20FN3O2/c21-16-7-3-14(4-8-16)18-2-1-12-24(18)19(25)15-5-9-17(10-6-15)23-13-11-22-20(23)26/h3-10,18H,1-2,11-13H2,(H,22,26). The van der Waals surface area contributed by atoms with Gasteiger partial charge in [0.15, 0.2) is 0 Å². The summed E-state index contributed by atoms with van der Waals surface area (Å²) in [5.74, 6) is -0.305. The monoisotopic (exact) mass is 353 g/mol. The molecule has 0 aromatic heterocycles. The maximum absolute atomic E-state index is 13.2. The summed E-state index contributed by atoms with van der Waals surface area (Å²) in [7, 11) is 0. The highest BCUT2D eigenvalue weighted by Crippen LogP contribution is 2.33. The van der Waals surface area contributed by atoms with Crippen LogP contribution >= 0.6 is 0 Å². The number of benzene rings is 2. The number of hydrogen-bond donors (Lipinski definition) is 1. The van der Waals surface area contributed by atoms with Crippen molar-refractivity contribution in [2.24, 2.45) is 0 Å². The van der Waals surface area contributed by atoms with Gasteiger partial charge in [0.2, 0.25) is 0 Å². The van der Waals surface area contributed by atoms with Crippen LogP contribution < -0.4 is 10.2 Å². The van der Waals surface area contributed by atoms with Gasteiger partial charge in [-0.3, -0.25) is 9.69 Å². The van der Waals surface area contributed by atoms with Crippen LogP contribution in [0.2, 0.25) is 0 Å². The number of anilines is 1. The Kier molecular flexibility index (Phi) is 4.32. The van der Waals surface area contributed by atoms with Crippen molar-refractivity contribution in [1.29, 1.82) is 0 Å². The number of likely N-dealkylation sites (tertiary alicyclic amines) is 1. The molecule has 2 heterocycles. The van der Waals surface area contributed by atoms with Crippen LogP contribution in [0, 0.1) is 5.82 Å². The zero-order valence-electron chi connectivity index (χ0n) is 14.3. The Labute approximate surface area is 151 Å². The van der Waals surface area contributed by atoms with E-state index in [1.54, 1.807) is 41.3 Å². The van der Waals surface area contributed by atoms with Gasteiger partial charge in [0.1, 0.15) is 5.82 Å². The minimum Gasteiger partial charge on any atom is -0.336 e. The molecule has 1 unspecified atom stereocenters. The highest BCUT2D eigenvalue weighted by Gasteiger charge is 2.30. The number of rotatable bonds is 3. The maximum Gasteiger partial charge on any atom is 0.321 e. The number of nitrogens with one attached hydrogen (secondary N) is 1. The van der Waals surface area contributed by atoms with E-state index in [-0.39, 0.29) is 23.8 Å². The second-order valence-electron chi connectivity index (χ2n) is 6.64. The minimum absolute atomic E-state index is 0.0212. The highest BCUT2D eigenvalue weighted by atomic mass is 19.1. The lowest BCUT2D eigenvalue weighted by molar-refractivity contribution is 0.0735. The van der Waals surface area contributed by atoms with Crippen LogP contribution in [0.5, 0.6) is 0 Å². The average Bonchev–Trinajstić information content (AvgIpc) is 3.31. The third kappa shape index (κ3) is 3.03. The molecule has 2 aromatic carbocycles. The fourth-order valence-corrected chi connectivity index (χ4v) is 3.71. The number of carbonyl (C=O) groups excluding carboxylic acids is 2. The molecule has 1 atom stereocenters. The Balaban J connectivity index is 1.53. The molecule has 2 aromatic rings. The molecule has 26 heavy (non-hydrogen) atoms. The fraction of sp³-hybridized carbons (Fsp3) is 0.300. The number of carbonyl (C=O) groups is 2. The Morgan fingerprint density at radius 3 is 2.42 bits per heavy atom. The number of halogens is 1. The zero-order valence-corrected chi connectivity index (χ0v) is 14.3. The lowest BCUT2D eigenvalue weighted by atomic mass is 10.0. The molecular weight excluding hydrogens is 333 g/mol. The summed E-state index contributed by atoms with van der Waals surface area (Å²) in [4.78, 5) is 28.2. The van der Waals surface area contributed by atoms with Crippen LogP contribution in [-0.4, -0.2) is 36.5 Å². The minimum atomic E-state index is -0.272. The van der Waals surface area contributed by atoms with Crippen LogP contribution in [0.25, 0.3) is 0 Å². The van der Waals surface area contributed by atoms with E-state index in [1.807, 2.05) is 4.90 Å². The van der Waals surface area contributed by atoms with Crippen molar-refractivity contribution in [1.82, 2.24) is 10.2 Å². The van der Waals surface area contributed by atoms with Crippen LogP contribution in [0.4, 0.5) is 14.9 Å². The fourth-order valence-electron chi connectivity index (χ4n) is 3.71. The largest absolute Gasteiger partial charge is 0.336 e. The summed E-state index contributed by atoms with van der Waals surface area (Å²) < 4.78 is 13.2. The summed E-state index contributed by atoms with van der Waals surface area (Å²) in [6.45, 7) is 1.95. The van der Waals surface area contributed by atoms with Gasteiger partial charge in [0, 0.05) is 30.9 Å². The van der Waals surface area contributed by atoms with E-state index >= 15 is 0 Å². The molecule has 0 bridgehead atoms. The summed E-state index contributed by atoms with van der Waals surface area (Å²) >= 11 is 0. The van der Waals surface area contributed by atoms with Crippen LogP contribution in [0.3, 0.4) is 0 Å². The first kappa shape index (κ1) is 16.6. The molecule has 0 radical (unpaired) electrons. The lowest BCUT2D eigenvalue weighted by Crippen LogP contribution is -2.31. The Morgan fingerprint density at radius 2 is 1.77 bits per heavy atom. The summed E-state index contributed by atoms with van der Waals surface area (Å²) in [5.41, 5.74) is 2.35. The van der Waals surface area contributed by atoms with E-state index in [0.717, 1.165) is 24.1 Å². The predicted octanol–water partition coefficient (Wildman–Crippen LogP) is 3.33. The van der Waals surface area contributed by atoms with Crippen molar-refractivity contribution >= 4 is 17.6 Å². The smallest absolute Gasteiger partial charge is 0.321 e. The molecule has 4 rings (SSSR count). The molecule has 2 aliphatic rings. The lowest BCUT2D eigenvalue weighted by Gasteiger charge is -2.25. The third-order valence-corrected chi connectivity index (χ3v) is 5.05. The SMILES string of the molecule is O=C1NCCN1c1ccc(C(=O)N2CCCC2c2ccc(F)cc2)cc1. The van der Waals surface area contributed by atoms with Gasteiger partial charge in [-0.25, -0.2) is 9.18 Å². The Bertz CT molecular complexity index is 820. The molecule has 134 valence electrons. The molecule has 2 aliphatic heterocycles. The van der Waals surface area contributed by atoms with Gasteiger partial charge in [-0.1, -0.05) is 12.1 Å². The Hall–Kier alpha value is -2.89. The topological polar surface area (TPSA) is 52.7 Å². The van der Waals surface area contributed by atoms with Gasteiger partial charge in [-0.2, -0.15) is 0 Å². The van der Waals surface area contributed by atoms with Crippen molar-refractivity contribution < 1.29 is 14.0 Å². The number of urea groups is 1. The van der Waals surface area contributed by atoms with Crippen molar-refractivity contribution in [3.8, 4) is 0 Å². The second-order valence-corrected chi connectivity index (χ2v) is 6.64. The van der Waals surface area contributed by atoms with E-state index in [2.05, 4.69) is 5.32 Å². The van der Waals surface area contributed by atoms with Crippen LogP contribution in [-0.2, 0) is 0 Å². The van der Waals surface area contributed by atoms with E-state index in [4.69, 9.17) is 0 Å². The first-order valence-corrected chi connectivity index (χ1v) is 8.85. The number of amides is 3. The zero-order chi connectivity index (χ0) is 18.1. The molecule has 0 aliphatic carbocycles. The van der Waals surface area contributed by atoms with Crippen molar-refractivity contribution in [3.05, 3.63) is 65.5 Å². The molecule has 2 saturated heterocycles. The quantitative estimate of drug-likeness (QED) is 0.920. The highest BCUT2D eigenvalue weighted by molar-refractivity contribution is 5.97. The van der Waals surface area contributed by atoms with Crippen molar-refractivity contribution in [2.75, 3.05) is 24.5 Å². The predicted molar refractivity (Wildman–Crippen MR) is 96.6 cm³/mol. The number of nitrogens with zero attached hydrogens (tertiary/aromatic N) is 2. The molecule has 0 spiro atoms. The Morgan fingerprint density at radius 1 is 1.04 bits per heavy atom. The van der Waals surface area contributed by atoms with E-state index in [9.17, 15) is 14.0 Å². The van der Waals surface area contributed by atoms with Gasteiger partial charge in [0.05, 0.1) is 6.04 Å². The summed E-state index contributed by atoms with van der Waals surface area (Å²) in [5, 5.41) is 2.76. The van der Waals surface area contributed by atoms with Gasteiger partial charge < -0.3 is 10.2 Å². The molecule has 2 fully saturated rings. The number of hydrogen-bond acceptors (Lipinski definition) is 2. The van der Waals surface area contributed by atoms with E-state index in [0.29, 0.717) is 25.2 Å². The molecule has 1 N–H and O–H groups in total. The van der Waals surface area contributed by atoms with Gasteiger partial charge in [0.25, 0.3) is 5.91 Å². The van der Waals surface area contributed by atoms with Crippen molar-refractivity contribution in [3.63, 3.8) is 0 Å². The van der Waals surface area contributed by atoms with Crippen LogP contribution in [0.15, 0.2) is 48.5 Å². The third-order valence-electron chi connectivity index (χ3n) is 5.05. The summed E-state index contributed by atoms with van der Waals surface area (Å²) in [6.07, 6.45) is 1.81.